The minimum Gasteiger partial charge on any atom is -0.329 e. The SMILES string of the molecule is Clc1ccc(C2c3ccccc3N2c2ccccc2)cc1. The van der Waals surface area contributed by atoms with E-state index in [1.54, 1.807) is 0 Å². The Kier molecular flexibility index (Phi) is 2.94. The van der Waals surface area contributed by atoms with Gasteiger partial charge in [0, 0.05) is 22.0 Å². The van der Waals surface area contributed by atoms with Crippen LogP contribution in [0, 0.1) is 0 Å². The Bertz CT molecular complexity index is 765. The van der Waals surface area contributed by atoms with Gasteiger partial charge in [0.05, 0.1) is 6.04 Å². The summed E-state index contributed by atoms with van der Waals surface area (Å²) in [7, 11) is 0. The van der Waals surface area contributed by atoms with Crippen LogP contribution in [0.25, 0.3) is 0 Å². The molecule has 3 aromatic rings. The zero-order chi connectivity index (χ0) is 14.2. The van der Waals surface area contributed by atoms with Gasteiger partial charge in [-0.05, 0) is 35.9 Å². The van der Waals surface area contributed by atoms with E-state index in [0.717, 1.165) is 5.02 Å². The summed E-state index contributed by atoms with van der Waals surface area (Å²) in [5, 5.41) is 0.776. The molecule has 0 aromatic heterocycles. The van der Waals surface area contributed by atoms with E-state index in [4.69, 9.17) is 11.6 Å². The lowest BCUT2D eigenvalue weighted by Gasteiger charge is -2.45. The molecule has 0 radical (unpaired) electrons. The molecule has 0 N–H and O–H groups in total. The Morgan fingerprint density at radius 2 is 1.38 bits per heavy atom. The minimum atomic E-state index is 0.265. The van der Waals surface area contributed by atoms with Gasteiger partial charge in [-0.3, -0.25) is 0 Å². The fourth-order valence-electron chi connectivity index (χ4n) is 3.00. The molecule has 1 aliphatic rings. The highest BCUT2D eigenvalue weighted by atomic mass is 35.5. The molecule has 1 nitrogen and oxygen atoms in total. The van der Waals surface area contributed by atoms with Gasteiger partial charge in [0.15, 0.2) is 0 Å². The number of hydrogen-bond acceptors (Lipinski definition) is 1. The molecule has 0 saturated heterocycles. The third kappa shape index (κ3) is 2.01. The molecule has 102 valence electrons. The third-order valence-corrected chi connectivity index (χ3v) is 4.22. The van der Waals surface area contributed by atoms with Crippen LogP contribution < -0.4 is 4.90 Å². The van der Waals surface area contributed by atoms with Gasteiger partial charge in [0.2, 0.25) is 0 Å². The summed E-state index contributed by atoms with van der Waals surface area (Å²) in [5.41, 5.74) is 5.13. The van der Waals surface area contributed by atoms with Crippen molar-refractivity contribution in [2.24, 2.45) is 0 Å². The second kappa shape index (κ2) is 4.94. The molecule has 0 amide bonds. The lowest BCUT2D eigenvalue weighted by molar-refractivity contribution is 0.747. The highest BCUT2D eigenvalue weighted by Gasteiger charge is 2.36. The molecule has 3 aromatic carbocycles. The molecule has 1 atom stereocenters. The van der Waals surface area contributed by atoms with Crippen LogP contribution in [0.1, 0.15) is 17.2 Å². The summed E-state index contributed by atoms with van der Waals surface area (Å²) in [6.07, 6.45) is 0. The average molecular weight is 292 g/mol. The third-order valence-electron chi connectivity index (χ3n) is 3.97. The Balaban J connectivity index is 1.83. The molecule has 0 bridgehead atoms. The van der Waals surface area contributed by atoms with Gasteiger partial charge < -0.3 is 4.90 Å². The van der Waals surface area contributed by atoms with Crippen molar-refractivity contribution in [3.63, 3.8) is 0 Å². The van der Waals surface area contributed by atoms with Crippen molar-refractivity contribution in [1.82, 2.24) is 0 Å². The molecule has 0 aliphatic carbocycles. The Labute approximate surface area is 129 Å². The van der Waals surface area contributed by atoms with Crippen molar-refractivity contribution in [1.29, 1.82) is 0 Å². The molecular formula is C19H14ClN. The van der Waals surface area contributed by atoms with Gasteiger partial charge >= 0.3 is 0 Å². The van der Waals surface area contributed by atoms with E-state index in [9.17, 15) is 0 Å². The highest BCUT2D eigenvalue weighted by Crippen LogP contribution is 2.51. The number of rotatable bonds is 2. The summed E-state index contributed by atoms with van der Waals surface area (Å²) in [6, 6.07) is 27.5. The maximum Gasteiger partial charge on any atom is 0.0865 e. The predicted octanol–water partition coefficient (Wildman–Crippen LogP) is 5.58. The topological polar surface area (TPSA) is 3.24 Å². The van der Waals surface area contributed by atoms with Gasteiger partial charge in [-0.25, -0.2) is 0 Å². The van der Waals surface area contributed by atoms with Crippen molar-refractivity contribution in [3.8, 4) is 0 Å². The lowest BCUT2D eigenvalue weighted by atomic mass is 9.87. The smallest absolute Gasteiger partial charge is 0.0865 e. The zero-order valence-corrected chi connectivity index (χ0v) is 12.2. The molecular weight excluding hydrogens is 278 g/mol. The second-order valence-electron chi connectivity index (χ2n) is 5.22. The first-order valence-corrected chi connectivity index (χ1v) is 7.41. The normalized spacial score (nSPS) is 16.2. The number of hydrogen-bond donors (Lipinski definition) is 0. The highest BCUT2D eigenvalue weighted by molar-refractivity contribution is 6.30. The van der Waals surface area contributed by atoms with E-state index in [2.05, 4.69) is 65.6 Å². The Morgan fingerprint density at radius 1 is 0.714 bits per heavy atom. The van der Waals surface area contributed by atoms with E-state index >= 15 is 0 Å². The molecule has 21 heavy (non-hydrogen) atoms. The van der Waals surface area contributed by atoms with Crippen LogP contribution in [-0.4, -0.2) is 0 Å². The molecule has 0 fully saturated rings. The maximum atomic E-state index is 6.02. The second-order valence-corrected chi connectivity index (χ2v) is 5.65. The molecule has 1 unspecified atom stereocenters. The predicted molar refractivity (Wildman–Crippen MR) is 88.3 cm³/mol. The monoisotopic (exact) mass is 291 g/mol. The van der Waals surface area contributed by atoms with E-state index in [0.29, 0.717) is 0 Å². The van der Waals surface area contributed by atoms with Crippen LogP contribution in [0.3, 0.4) is 0 Å². The van der Waals surface area contributed by atoms with E-state index < -0.39 is 0 Å². The lowest BCUT2D eigenvalue weighted by Crippen LogP contribution is -2.34. The van der Waals surface area contributed by atoms with Gasteiger partial charge in [0.1, 0.15) is 0 Å². The summed E-state index contributed by atoms with van der Waals surface area (Å²) in [5.74, 6) is 0. The van der Waals surface area contributed by atoms with Crippen LogP contribution in [0.15, 0.2) is 78.9 Å². The molecule has 2 heteroatoms. The van der Waals surface area contributed by atoms with Crippen LogP contribution in [0.4, 0.5) is 11.4 Å². The number of anilines is 2. The van der Waals surface area contributed by atoms with Gasteiger partial charge in [-0.15, -0.1) is 0 Å². The molecule has 1 heterocycles. The van der Waals surface area contributed by atoms with Crippen molar-refractivity contribution < 1.29 is 0 Å². The Morgan fingerprint density at radius 3 is 2.14 bits per heavy atom. The van der Waals surface area contributed by atoms with Crippen LogP contribution >= 0.6 is 11.6 Å². The van der Waals surface area contributed by atoms with Crippen molar-refractivity contribution >= 4 is 23.0 Å². The Hall–Kier alpha value is -2.25. The quantitative estimate of drug-likeness (QED) is 0.595. The van der Waals surface area contributed by atoms with Crippen molar-refractivity contribution in [2.75, 3.05) is 4.90 Å². The molecule has 4 rings (SSSR count). The van der Waals surface area contributed by atoms with Crippen LogP contribution in [0.2, 0.25) is 5.02 Å². The molecule has 0 saturated carbocycles. The van der Waals surface area contributed by atoms with E-state index in [1.165, 1.54) is 22.5 Å². The number of para-hydroxylation sites is 2. The first kappa shape index (κ1) is 12.5. The minimum absolute atomic E-state index is 0.265. The van der Waals surface area contributed by atoms with Gasteiger partial charge in [-0.2, -0.15) is 0 Å². The van der Waals surface area contributed by atoms with E-state index in [1.807, 2.05) is 18.2 Å². The van der Waals surface area contributed by atoms with Crippen LogP contribution in [0.5, 0.6) is 0 Å². The summed E-state index contributed by atoms with van der Waals surface area (Å²) in [4.78, 5) is 2.37. The van der Waals surface area contributed by atoms with Gasteiger partial charge in [-0.1, -0.05) is 60.1 Å². The van der Waals surface area contributed by atoms with E-state index in [-0.39, 0.29) is 6.04 Å². The first-order valence-electron chi connectivity index (χ1n) is 7.03. The summed E-state index contributed by atoms with van der Waals surface area (Å²) < 4.78 is 0. The standard InChI is InChI=1S/C19H14ClN/c20-15-12-10-14(11-13-15)19-17-8-4-5-9-18(17)21(19)16-6-2-1-3-7-16/h1-13,19H. The number of fused-ring (bicyclic) bond motifs is 1. The average Bonchev–Trinajstić information content (AvgIpc) is 2.52. The fraction of sp³-hybridized carbons (Fsp3) is 0.0526. The number of halogens is 1. The fourth-order valence-corrected chi connectivity index (χ4v) is 3.13. The zero-order valence-electron chi connectivity index (χ0n) is 11.4. The number of nitrogens with zero attached hydrogens (tertiary/aromatic N) is 1. The summed E-state index contributed by atoms with van der Waals surface area (Å²) >= 11 is 6.02. The molecule has 1 aliphatic heterocycles. The van der Waals surface area contributed by atoms with Gasteiger partial charge in [0.25, 0.3) is 0 Å². The summed E-state index contributed by atoms with van der Waals surface area (Å²) in [6.45, 7) is 0. The molecule has 0 spiro atoms. The number of benzene rings is 3. The van der Waals surface area contributed by atoms with Crippen molar-refractivity contribution in [2.45, 2.75) is 6.04 Å². The maximum absolute atomic E-state index is 6.02. The van der Waals surface area contributed by atoms with Crippen molar-refractivity contribution in [3.05, 3.63) is 95.0 Å². The largest absolute Gasteiger partial charge is 0.329 e. The first-order chi connectivity index (χ1) is 10.3. The van der Waals surface area contributed by atoms with Crippen LogP contribution in [-0.2, 0) is 0 Å².